The van der Waals surface area contributed by atoms with Crippen LogP contribution in [-0.2, 0) is 11.2 Å². The van der Waals surface area contributed by atoms with Gasteiger partial charge in [0.05, 0.1) is 37.3 Å². The number of aromatic carboxylic acids is 1. The molecule has 2 unspecified atom stereocenters. The molecule has 1 saturated carbocycles. The molecular formula is C18H19BN3O7-. The van der Waals surface area contributed by atoms with Gasteiger partial charge in [-0.25, -0.2) is 9.78 Å². The second-order valence-corrected chi connectivity index (χ2v) is 7.82. The number of carboxylic acid groups (broad SMARTS) is 1. The second kappa shape index (κ2) is 6.23. The fourth-order valence-corrected chi connectivity index (χ4v) is 4.16. The number of carboxylic acids is 1. The Kier molecular flexibility index (Phi) is 3.87. The van der Waals surface area contributed by atoms with Crippen LogP contribution in [-0.4, -0.2) is 67.8 Å². The van der Waals surface area contributed by atoms with Gasteiger partial charge in [0.1, 0.15) is 17.4 Å². The molecule has 4 N–H and O–H groups in total. The summed E-state index contributed by atoms with van der Waals surface area (Å²) < 4.78 is 11.1. The van der Waals surface area contributed by atoms with E-state index >= 15 is 0 Å². The van der Waals surface area contributed by atoms with Crippen LogP contribution in [0, 0.1) is 0 Å². The molecule has 1 aliphatic carbocycles. The summed E-state index contributed by atoms with van der Waals surface area (Å²) in [6.45, 7) is -2.42. The van der Waals surface area contributed by atoms with E-state index < -0.39 is 18.5 Å². The summed E-state index contributed by atoms with van der Waals surface area (Å²) in [4.78, 5) is 32.5. The van der Waals surface area contributed by atoms with Crippen molar-refractivity contribution in [3.63, 3.8) is 0 Å². The summed E-state index contributed by atoms with van der Waals surface area (Å²) in [5.74, 6) is -1.81. The number of nitrogens with one attached hydrogen (secondary N) is 1. The Balaban J connectivity index is 1.30. The van der Waals surface area contributed by atoms with Crippen molar-refractivity contribution in [1.82, 2.24) is 14.9 Å². The number of H-pyrrole nitrogens is 1. The van der Waals surface area contributed by atoms with Crippen molar-refractivity contribution >= 4 is 18.6 Å². The van der Waals surface area contributed by atoms with E-state index in [2.05, 4.69) is 9.97 Å². The first-order chi connectivity index (χ1) is 13.8. The topological polar surface area (TPSA) is 145 Å². The van der Waals surface area contributed by atoms with E-state index in [1.165, 1.54) is 6.33 Å². The highest BCUT2D eigenvalue weighted by Gasteiger charge is 2.55. The second-order valence-electron chi connectivity index (χ2n) is 7.82. The first-order valence-corrected chi connectivity index (χ1v) is 9.44. The Morgan fingerprint density at radius 2 is 2.14 bits per heavy atom. The molecule has 2 aromatic rings. The van der Waals surface area contributed by atoms with Gasteiger partial charge in [-0.05, 0) is 17.5 Å². The normalized spacial score (nSPS) is 24.0. The fraction of sp³-hybridized carbons (Fsp3) is 0.389. The standard InChI is InChI=1S/C18H19BN3O7/c23-15(3-9-5-20-8-21-9)22-6-10(7-22)28-14-2-1-11-12-4-13(12)19(26,27)29-17(11)16(14)18(24)25/h1-2,5,8,10,12-13,26-27H,3-4,6-7H2,(H,20,21)(H,24,25)/q-1. The largest absolute Gasteiger partial charge is 0.669 e. The Bertz CT molecular complexity index is 988. The molecule has 0 radical (unpaired) electrons. The summed E-state index contributed by atoms with van der Waals surface area (Å²) in [6, 6.07) is 3.29. The molecule has 0 bridgehead atoms. The van der Waals surface area contributed by atoms with E-state index in [-0.39, 0.29) is 41.4 Å². The number of aromatic amines is 1. The number of rotatable bonds is 5. The summed E-state index contributed by atoms with van der Waals surface area (Å²) in [7, 11) is 0. The average molecular weight is 400 g/mol. The predicted molar refractivity (Wildman–Crippen MR) is 98.6 cm³/mol. The lowest BCUT2D eigenvalue weighted by atomic mass is 9.68. The van der Waals surface area contributed by atoms with E-state index in [9.17, 15) is 24.7 Å². The molecule has 1 amide bonds. The van der Waals surface area contributed by atoms with Crippen molar-refractivity contribution in [1.29, 1.82) is 0 Å². The lowest BCUT2D eigenvalue weighted by molar-refractivity contribution is -0.139. The molecule has 2 aliphatic heterocycles. The third-order valence-electron chi connectivity index (χ3n) is 5.83. The molecule has 10 nitrogen and oxygen atoms in total. The van der Waals surface area contributed by atoms with E-state index in [0.717, 1.165) is 0 Å². The molecule has 11 heteroatoms. The van der Waals surface area contributed by atoms with Crippen LogP contribution in [0.1, 0.15) is 34.0 Å². The van der Waals surface area contributed by atoms with Crippen LogP contribution in [0.3, 0.4) is 0 Å². The number of likely N-dealkylation sites (tertiary alicyclic amines) is 1. The van der Waals surface area contributed by atoms with Gasteiger partial charge in [0.2, 0.25) is 5.91 Å². The highest BCUT2D eigenvalue weighted by Crippen LogP contribution is 2.63. The van der Waals surface area contributed by atoms with Crippen LogP contribution < -0.4 is 9.39 Å². The first-order valence-electron chi connectivity index (χ1n) is 9.44. The first kappa shape index (κ1) is 18.0. The van der Waals surface area contributed by atoms with Crippen LogP contribution in [0.25, 0.3) is 0 Å². The zero-order valence-corrected chi connectivity index (χ0v) is 15.3. The molecule has 152 valence electrons. The highest BCUT2D eigenvalue weighted by atomic mass is 16.6. The van der Waals surface area contributed by atoms with Gasteiger partial charge < -0.3 is 34.4 Å². The van der Waals surface area contributed by atoms with Gasteiger partial charge >= 0.3 is 12.7 Å². The number of aromatic nitrogens is 2. The van der Waals surface area contributed by atoms with Crippen molar-refractivity contribution in [2.45, 2.75) is 30.7 Å². The maximum Gasteiger partial charge on any atom is 0.434 e. The van der Waals surface area contributed by atoms with Gasteiger partial charge in [0.25, 0.3) is 0 Å². The molecule has 3 heterocycles. The zero-order valence-electron chi connectivity index (χ0n) is 15.3. The number of imidazole rings is 1. The number of hydrogen-bond acceptors (Lipinski definition) is 7. The Morgan fingerprint density at radius 1 is 1.34 bits per heavy atom. The van der Waals surface area contributed by atoms with Crippen LogP contribution in [0.4, 0.5) is 0 Å². The number of fused-ring (bicyclic) bond motifs is 3. The molecule has 2 atom stereocenters. The van der Waals surface area contributed by atoms with Crippen molar-refractivity contribution in [3.05, 3.63) is 41.5 Å². The number of ether oxygens (including phenoxy) is 1. The molecule has 5 rings (SSSR count). The Morgan fingerprint density at radius 3 is 2.83 bits per heavy atom. The zero-order chi connectivity index (χ0) is 20.3. The summed E-state index contributed by atoms with van der Waals surface area (Å²) in [5, 5.41) is 29.8. The minimum atomic E-state index is -3.08. The van der Waals surface area contributed by atoms with Gasteiger partial charge in [0, 0.05) is 6.20 Å². The number of nitrogens with zero attached hydrogens (tertiary/aromatic N) is 2. The van der Waals surface area contributed by atoms with Crippen molar-refractivity contribution in [2.75, 3.05) is 13.1 Å². The molecule has 1 saturated heterocycles. The van der Waals surface area contributed by atoms with Crippen molar-refractivity contribution < 1.29 is 34.1 Å². The molecule has 1 aromatic carbocycles. The monoisotopic (exact) mass is 400 g/mol. The lowest BCUT2D eigenvalue weighted by Crippen LogP contribution is -2.56. The van der Waals surface area contributed by atoms with Crippen LogP contribution >= 0.6 is 0 Å². The number of benzene rings is 1. The number of carbonyl (C=O) groups excluding carboxylic acids is 1. The summed E-state index contributed by atoms with van der Waals surface area (Å²) in [6.07, 6.45) is 3.55. The van der Waals surface area contributed by atoms with Gasteiger partial charge in [-0.15, -0.1) is 0 Å². The molecule has 2 fully saturated rings. The predicted octanol–water partition coefficient (Wildman–Crippen LogP) is 0.114. The van der Waals surface area contributed by atoms with E-state index in [0.29, 0.717) is 30.8 Å². The number of amides is 1. The highest BCUT2D eigenvalue weighted by molar-refractivity contribution is 6.62. The van der Waals surface area contributed by atoms with Crippen molar-refractivity contribution in [2.24, 2.45) is 0 Å². The quantitative estimate of drug-likeness (QED) is 0.518. The van der Waals surface area contributed by atoms with Gasteiger partial charge in [-0.2, -0.15) is 0 Å². The van der Waals surface area contributed by atoms with Gasteiger partial charge in [0.15, 0.2) is 0 Å². The van der Waals surface area contributed by atoms with Crippen LogP contribution in [0.2, 0.25) is 5.82 Å². The minimum Gasteiger partial charge on any atom is -0.669 e. The number of hydrogen-bond donors (Lipinski definition) is 4. The van der Waals surface area contributed by atoms with Gasteiger partial charge in [-0.1, -0.05) is 18.3 Å². The third kappa shape index (κ3) is 3.02. The molecule has 3 aliphatic rings. The average Bonchev–Trinajstić information content (AvgIpc) is 3.28. The smallest absolute Gasteiger partial charge is 0.434 e. The fourth-order valence-electron chi connectivity index (χ4n) is 4.16. The van der Waals surface area contributed by atoms with Crippen molar-refractivity contribution in [3.8, 4) is 11.5 Å². The Hall–Kier alpha value is -3.05. The van der Waals surface area contributed by atoms with Crippen LogP contribution in [0.15, 0.2) is 24.7 Å². The lowest BCUT2D eigenvalue weighted by Gasteiger charge is -2.40. The van der Waals surface area contributed by atoms with E-state index in [1.807, 2.05) is 0 Å². The Labute approximate surface area is 165 Å². The number of carbonyl (C=O) groups is 2. The third-order valence-corrected chi connectivity index (χ3v) is 5.83. The summed E-state index contributed by atoms with van der Waals surface area (Å²) in [5.41, 5.74) is 1.09. The SMILES string of the molecule is O=C(O)c1c(OC2CN(C(=O)Cc3c[nH]cn3)C2)ccc2c1O[B-](O)(O)C1CC21. The molecule has 0 spiro atoms. The maximum absolute atomic E-state index is 12.2. The van der Waals surface area contributed by atoms with E-state index in [1.54, 1.807) is 23.2 Å². The molecule has 29 heavy (non-hydrogen) atoms. The summed E-state index contributed by atoms with van der Waals surface area (Å²) >= 11 is 0. The van der Waals surface area contributed by atoms with Crippen LogP contribution in [0.5, 0.6) is 11.5 Å². The minimum absolute atomic E-state index is 0.0375. The van der Waals surface area contributed by atoms with E-state index in [4.69, 9.17) is 9.39 Å². The van der Waals surface area contributed by atoms with Gasteiger partial charge in [-0.3, -0.25) is 4.79 Å². The molecular weight excluding hydrogens is 381 g/mol. The molecule has 1 aromatic heterocycles. The maximum atomic E-state index is 12.2.